The molecule has 344 valence electrons. The summed E-state index contributed by atoms with van der Waals surface area (Å²) in [6.45, 7) is 6.18. The van der Waals surface area contributed by atoms with Crippen LogP contribution in [0.3, 0.4) is 0 Å². The topological polar surface area (TPSA) is 161 Å². The number of alkyl halides is 2. The van der Waals surface area contributed by atoms with Crippen molar-refractivity contribution in [3.05, 3.63) is 84.7 Å². The third-order valence-corrected chi connectivity index (χ3v) is 17.0. The Kier molecular flexibility index (Phi) is 14.1. The second kappa shape index (κ2) is 19.6. The fourth-order valence-corrected chi connectivity index (χ4v) is 13.7. The molecule has 6 heterocycles. The van der Waals surface area contributed by atoms with Gasteiger partial charge in [-0.2, -0.15) is 0 Å². The zero-order chi connectivity index (χ0) is 44.4. The number of anilines is 1. The van der Waals surface area contributed by atoms with E-state index in [1.54, 1.807) is 28.9 Å². The number of benzene rings is 1. The number of fused-ring (bicyclic) bond motifs is 1. The van der Waals surface area contributed by atoms with Gasteiger partial charge < -0.3 is 10.2 Å². The molecule has 6 aliphatic rings. The molecule has 63 heavy (non-hydrogen) atoms. The van der Waals surface area contributed by atoms with E-state index < -0.39 is 50.5 Å². The third-order valence-electron chi connectivity index (χ3n) is 13.8. The fourth-order valence-electron chi connectivity index (χ4n) is 10.3. The molecule has 1 aromatic heterocycles. The molecule has 15 nitrogen and oxygen atoms in total. The average Bonchev–Trinajstić information content (AvgIpc) is 3.86. The van der Waals surface area contributed by atoms with E-state index in [0.717, 1.165) is 88.3 Å². The van der Waals surface area contributed by atoms with Gasteiger partial charge in [-0.15, -0.1) is 0 Å². The summed E-state index contributed by atoms with van der Waals surface area (Å²) in [5, 5.41) is 35.9. The molecule has 4 N–H and O–H groups in total. The Bertz CT molecular complexity index is 2140. The summed E-state index contributed by atoms with van der Waals surface area (Å²) in [5.74, 6) is -0.959. The summed E-state index contributed by atoms with van der Waals surface area (Å²) < 4.78 is 34.1. The second-order valence-corrected chi connectivity index (χ2v) is 20.8. The first-order valence-electron chi connectivity index (χ1n) is 22.7. The molecule has 4 atom stereocenters. The Morgan fingerprint density at radius 1 is 1.08 bits per heavy atom. The summed E-state index contributed by atoms with van der Waals surface area (Å²) in [4.78, 5) is 42.9. The number of unbranched alkanes of at least 4 members (excludes halogenated alkanes) is 2. The van der Waals surface area contributed by atoms with Crippen LogP contribution in [0.1, 0.15) is 105 Å². The number of halogens is 3. The van der Waals surface area contributed by atoms with Crippen LogP contribution in [-0.4, -0.2) is 127 Å². The maximum atomic E-state index is 14.8. The normalized spacial score (nSPS) is 25.9. The van der Waals surface area contributed by atoms with Crippen molar-refractivity contribution < 1.29 is 54.6 Å². The van der Waals surface area contributed by atoms with Gasteiger partial charge in [-0.05, 0) is 24.5 Å². The van der Waals surface area contributed by atoms with Crippen molar-refractivity contribution in [1.82, 2.24) is 38.5 Å². The molecular weight excluding hydrogens is 925 g/mol. The van der Waals surface area contributed by atoms with Crippen molar-refractivity contribution in [3.8, 4) is 0 Å². The van der Waals surface area contributed by atoms with Crippen molar-refractivity contribution in [2.45, 2.75) is 109 Å². The van der Waals surface area contributed by atoms with Gasteiger partial charge in [0, 0.05) is 25.3 Å². The molecule has 1 aromatic carbocycles. The van der Waals surface area contributed by atoms with Gasteiger partial charge in [0.15, 0.2) is 0 Å². The molecule has 1 aliphatic carbocycles. The van der Waals surface area contributed by atoms with E-state index in [4.69, 9.17) is 0 Å². The zero-order valence-electron chi connectivity index (χ0n) is 36.6. The first-order valence-corrected chi connectivity index (χ1v) is 24.7. The summed E-state index contributed by atoms with van der Waals surface area (Å²) in [7, 11) is 3.51. The summed E-state index contributed by atoms with van der Waals surface area (Å²) in [6, 6.07) is 5.23. The standard InChI is InChI=1S/C45H62F2IN10O5/c1-29-33-11-8-19-56(39(33)24-34(43(46)47)41(29)31-25-51-53(3)26-31)48-35-28-58(63,49-2)23-17-36(35)52-32-15-21-54(22-16-32)40(59)14-5-4-6-18-50-37-12-7-10-30-27-55(45(61)42(30)37)38-13-9-20-57(62)44(38)60/h7,10,12,24-26,29,32,38,41,43,49-50,52,62H,4-6,8-9,11,13-23,27-28H2,1-3H3/q-1. The quantitative estimate of drug-likeness (QED) is 0.0522. The van der Waals surface area contributed by atoms with Crippen molar-refractivity contribution in [2.24, 2.45) is 13.0 Å². The van der Waals surface area contributed by atoms with Crippen molar-refractivity contribution >= 4 is 23.4 Å². The van der Waals surface area contributed by atoms with Crippen LogP contribution >= 0.6 is 0 Å². The van der Waals surface area contributed by atoms with Gasteiger partial charge in [0.2, 0.25) is 0 Å². The summed E-state index contributed by atoms with van der Waals surface area (Å²) in [5.41, 5.74) is 9.38. The van der Waals surface area contributed by atoms with E-state index in [1.165, 1.54) is 5.57 Å². The Balaban J connectivity index is 0.819. The molecule has 2 aromatic rings. The van der Waals surface area contributed by atoms with Gasteiger partial charge >= 0.3 is 265 Å². The first kappa shape index (κ1) is 45.5. The van der Waals surface area contributed by atoms with E-state index >= 15 is 0 Å². The molecule has 4 unspecified atom stereocenters. The van der Waals surface area contributed by atoms with Gasteiger partial charge in [-0.3, -0.25) is 14.8 Å². The zero-order valence-corrected chi connectivity index (χ0v) is 38.8. The molecule has 0 saturated carbocycles. The number of carbonyl (C=O) groups is 3. The van der Waals surface area contributed by atoms with Crippen LogP contribution in [0.25, 0.3) is 0 Å². The van der Waals surface area contributed by atoms with Gasteiger partial charge in [0.05, 0.1) is 5.56 Å². The predicted molar refractivity (Wildman–Crippen MR) is 229 cm³/mol. The van der Waals surface area contributed by atoms with Gasteiger partial charge in [-0.25, -0.2) is 5.06 Å². The van der Waals surface area contributed by atoms with E-state index in [-0.39, 0.29) is 35.9 Å². The Labute approximate surface area is 379 Å². The predicted octanol–water partition coefficient (Wildman–Crippen LogP) is 2.35. The number of hydrogen-bond acceptors (Lipinski definition) is 10. The van der Waals surface area contributed by atoms with Crippen LogP contribution in [0.4, 0.5) is 14.5 Å². The molecule has 0 bridgehead atoms. The number of nitrogens with zero attached hydrogens (tertiary/aromatic N) is 7. The van der Waals surface area contributed by atoms with Gasteiger partial charge in [-0.1, -0.05) is 12.1 Å². The minimum atomic E-state index is -2.59. The number of quaternary nitrogens is 1. The summed E-state index contributed by atoms with van der Waals surface area (Å²) >= 11 is -0.854. The van der Waals surface area contributed by atoms with E-state index in [2.05, 4.69) is 31.2 Å². The van der Waals surface area contributed by atoms with Crippen LogP contribution < -0.4 is 37.5 Å². The first-order chi connectivity index (χ1) is 30.3. The number of rotatable bonds is 15. The Hall–Kier alpha value is -4.11. The van der Waals surface area contributed by atoms with E-state index in [0.29, 0.717) is 70.5 Å². The van der Waals surface area contributed by atoms with E-state index in [1.807, 2.05) is 36.3 Å². The number of aromatic nitrogens is 2. The van der Waals surface area contributed by atoms with Crippen LogP contribution in [0.15, 0.2) is 62.8 Å². The molecule has 8 rings (SSSR count). The van der Waals surface area contributed by atoms with Gasteiger partial charge in [0.25, 0.3) is 11.8 Å². The number of carbonyl (C=O) groups excluding carboxylic acids is 3. The average molecular weight is 988 g/mol. The molecule has 3 amide bonds. The molecule has 2 fully saturated rings. The van der Waals surface area contributed by atoms with Crippen molar-refractivity contribution in [1.29, 1.82) is 0 Å². The number of hydroxylamine groups is 4. The second-order valence-electron chi connectivity index (χ2n) is 17.9. The van der Waals surface area contributed by atoms with E-state index in [9.17, 15) is 33.6 Å². The van der Waals surface area contributed by atoms with Crippen molar-refractivity contribution in [3.63, 3.8) is 0 Å². The Morgan fingerprint density at radius 3 is 2.63 bits per heavy atom. The number of likely N-dealkylation sites (tertiary alicyclic amines) is 1. The van der Waals surface area contributed by atoms with Crippen LogP contribution in [0.5, 0.6) is 0 Å². The monoisotopic (exact) mass is 987 g/mol. The molecule has 18 heteroatoms. The third kappa shape index (κ3) is 9.79. The molecule has 2 saturated heterocycles. The SMILES string of the molecule is CN[N+]1([O-])CCC(NC2CCN(C(=O)CCCCCNc3cccc4c3C(=O)N(C3CCCN(O)C3=O)C4)CC2)=C([I-]N2CCCC3=C2C=C(C(F)F)C(c2cnn(C)c2)C3C)C1. The number of allylic oxidation sites excluding steroid dienone is 3. The van der Waals surface area contributed by atoms with Crippen LogP contribution in [0, 0.1) is 11.1 Å². The van der Waals surface area contributed by atoms with Gasteiger partial charge in [0.1, 0.15) is 6.04 Å². The maximum absolute atomic E-state index is 14.8. The molecular formula is C45H62F2IN10O5-. The summed E-state index contributed by atoms with van der Waals surface area (Å²) in [6.07, 6.45) is 10.9. The number of aryl methyl sites for hydroxylation is 1. The fraction of sp³-hybridized carbons (Fsp3) is 0.600. The molecule has 0 radical (unpaired) electrons. The molecule has 0 spiro atoms. The minimum absolute atomic E-state index is 0.0849. The van der Waals surface area contributed by atoms with Crippen LogP contribution in [-0.2, 0) is 23.2 Å². The van der Waals surface area contributed by atoms with Crippen molar-refractivity contribution in [2.75, 3.05) is 58.2 Å². The number of nitrogens with one attached hydrogen (secondary N) is 3. The number of amides is 3. The number of piperidine rings is 2. The molecule has 5 aliphatic heterocycles. The van der Waals surface area contributed by atoms with Crippen LogP contribution in [0.2, 0.25) is 0 Å². The Morgan fingerprint density at radius 2 is 1.89 bits per heavy atom. The number of hydrogen-bond donors (Lipinski definition) is 4.